The van der Waals surface area contributed by atoms with Gasteiger partial charge in [0.2, 0.25) is 11.8 Å². The van der Waals surface area contributed by atoms with Crippen molar-refractivity contribution in [2.24, 2.45) is 5.41 Å². The number of nitrogens with one attached hydrogen (secondary N) is 1. The highest BCUT2D eigenvalue weighted by atomic mass is 32.1. The van der Waals surface area contributed by atoms with E-state index in [0.29, 0.717) is 18.1 Å². The Morgan fingerprint density at radius 3 is 2.75 bits per heavy atom. The summed E-state index contributed by atoms with van der Waals surface area (Å²) in [5.41, 5.74) is 0.754. The summed E-state index contributed by atoms with van der Waals surface area (Å²) in [7, 11) is 0. The first-order chi connectivity index (χ1) is 11.2. The Bertz CT molecular complexity index is 574. The van der Waals surface area contributed by atoms with E-state index < -0.39 is 0 Å². The average molecular weight is 353 g/mol. The summed E-state index contributed by atoms with van der Waals surface area (Å²) < 4.78 is 5.63. The molecule has 24 heavy (non-hydrogen) atoms. The maximum Gasteiger partial charge on any atom is 0.245 e. The molecule has 6 nitrogen and oxygen atoms in total. The number of thiazole rings is 1. The number of amides is 2. The summed E-state index contributed by atoms with van der Waals surface area (Å²) in [4.78, 5) is 30.8. The van der Waals surface area contributed by atoms with Gasteiger partial charge in [0.1, 0.15) is 6.54 Å². The van der Waals surface area contributed by atoms with Crippen LogP contribution in [0.1, 0.15) is 45.7 Å². The number of hydrogen-bond donors (Lipinski definition) is 1. The minimum absolute atomic E-state index is 0.0107. The number of hydrogen-bond acceptors (Lipinski definition) is 5. The van der Waals surface area contributed by atoms with Crippen LogP contribution in [0.15, 0.2) is 5.38 Å². The molecule has 1 saturated heterocycles. The molecule has 1 aromatic rings. The number of anilines is 1. The van der Waals surface area contributed by atoms with Gasteiger partial charge in [0.05, 0.1) is 11.8 Å². The molecule has 0 bridgehead atoms. The van der Waals surface area contributed by atoms with E-state index in [4.69, 9.17) is 4.74 Å². The largest absolute Gasteiger partial charge is 0.376 e. The van der Waals surface area contributed by atoms with Gasteiger partial charge in [0, 0.05) is 25.0 Å². The summed E-state index contributed by atoms with van der Waals surface area (Å²) in [5.74, 6) is -0.229. The van der Waals surface area contributed by atoms with E-state index in [1.165, 1.54) is 11.3 Å². The zero-order valence-corrected chi connectivity index (χ0v) is 15.7. The van der Waals surface area contributed by atoms with Crippen LogP contribution in [0, 0.1) is 12.3 Å². The maximum absolute atomic E-state index is 12.6. The zero-order chi connectivity index (χ0) is 17.7. The number of carbonyl (C=O) groups is 2. The van der Waals surface area contributed by atoms with Crippen molar-refractivity contribution in [3.8, 4) is 0 Å². The summed E-state index contributed by atoms with van der Waals surface area (Å²) >= 11 is 1.39. The Hall–Kier alpha value is -1.47. The highest BCUT2D eigenvalue weighted by Gasteiger charge is 2.27. The second kappa shape index (κ2) is 8.07. The van der Waals surface area contributed by atoms with Gasteiger partial charge in [-0.05, 0) is 25.2 Å². The molecule has 0 aliphatic carbocycles. The van der Waals surface area contributed by atoms with Crippen molar-refractivity contribution in [2.45, 2.75) is 53.1 Å². The summed E-state index contributed by atoms with van der Waals surface area (Å²) in [5, 5.41) is 5.22. The van der Waals surface area contributed by atoms with Crippen LogP contribution in [-0.4, -0.2) is 47.5 Å². The van der Waals surface area contributed by atoms with E-state index in [1.54, 1.807) is 4.90 Å². The number of nitrogens with zero attached hydrogens (tertiary/aromatic N) is 2. The van der Waals surface area contributed by atoms with E-state index in [-0.39, 0.29) is 29.9 Å². The minimum atomic E-state index is -0.218. The molecule has 1 aromatic heterocycles. The highest BCUT2D eigenvalue weighted by Crippen LogP contribution is 2.21. The maximum atomic E-state index is 12.6. The zero-order valence-electron chi connectivity index (χ0n) is 14.9. The average Bonchev–Trinajstić information content (AvgIpc) is 3.08. The molecular weight excluding hydrogens is 326 g/mol. The van der Waals surface area contributed by atoms with Gasteiger partial charge in [0.15, 0.2) is 5.13 Å². The molecule has 1 atom stereocenters. The van der Waals surface area contributed by atoms with E-state index in [2.05, 4.69) is 10.3 Å². The molecule has 0 spiro atoms. The van der Waals surface area contributed by atoms with Crippen LogP contribution in [0.25, 0.3) is 0 Å². The Morgan fingerprint density at radius 2 is 2.21 bits per heavy atom. The number of ether oxygens (including phenoxy) is 1. The Kier molecular flexibility index (Phi) is 6.34. The normalized spacial score (nSPS) is 17.8. The van der Waals surface area contributed by atoms with Gasteiger partial charge in [-0.15, -0.1) is 11.3 Å². The molecular formula is C17H27N3O3S. The van der Waals surface area contributed by atoms with Crippen LogP contribution in [0.5, 0.6) is 0 Å². The Labute approximate surface area is 147 Å². The molecule has 0 saturated carbocycles. The smallest absolute Gasteiger partial charge is 0.245 e. The van der Waals surface area contributed by atoms with Crippen LogP contribution in [0.2, 0.25) is 0 Å². The summed E-state index contributed by atoms with van der Waals surface area (Å²) in [6, 6.07) is 0. The van der Waals surface area contributed by atoms with Crippen molar-refractivity contribution in [3.05, 3.63) is 11.1 Å². The Morgan fingerprint density at radius 1 is 1.46 bits per heavy atom. The highest BCUT2D eigenvalue weighted by molar-refractivity contribution is 7.13. The van der Waals surface area contributed by atoms with Gasteiger partial charge in [-0.2, -0.15) is 0 Å². The molecule has 7 heteroatoms. The fourth-order valence-electron chi connectivity index (χ4n) is 2.60. The molecule has 134 valence electrons. The fourth-order valence-corrected chi connectivity index (χ4v) is 3.30. The molecule has 2 rings (SSSR count). The molecule has 1 N–H and O–H groups in total. The molecule has 1 unspecified atom stereocenters. The van der Waals surface area contributed by atoms with Gasteiger partial charge < -0.3 is 15.0 Å². The molecule has 1 fully saturated rings. The van der Waals surface area contributed by atoms with Gasteiger partial charge in [-0.1, -0.05) is 20.8 Å². The van der Waals surface area contributed by atoms with Gasteiger partial charge >= 0.3 is 0 Å². The predicted octanol–water partition coefficient (Wildman–Crippen LogP) is 2.83. The molecule has 0 radical (unpaired) electrons. The first kappa shape index (κ1) is 18.9. The first-order valence-electron chi connectivity index (χ1n) is 8.34. The number of aromatic nitrogens is 1. The van der Waals surface area contributed by atoms with E-state index in [0.717, 1.165) is 25.1 Å². The molecule has 2 amide bonds. The van der Waals surface area contributed by atoms with Crippen LogP contribution in [0.4, 0.5) is 5.13 Å². The van der Waals surface area contributed by atoms with Crippen molar-refractivity contribution in [2.75, 3.05) is 25.0 Å². The lowest BCUT2D eigenvalue weighted by Crippen LogP contribution is -2.43. The lowest BCUT2D eigenvalue weighted by molar-refractivity contribution is -0.137. The first-order valence-corrected chi connectivity index (χ1v) is 9.22. The molecule has 0 aromatic carbocycles. The molecule has 2 heterocycles. The molecule has 1 aliphatic heterocycles. The lowest BCUT2D eigenvalue weighted by atomic mass is 9.91. The topological polar surface area (TPSA) is 71.5 Å². The van der Waals surface area contributed by atoms with E-state index in [1.807, 2.05) is 33.1 Å². The number of carbonyl (C=O) groups excluding carboxylic acids is 2. The quantitative estimate of drug-likeness (QED) is 0.854. The SMILES string of the molecule is Cc1csc(NC(=O)CN(CC2CCCO2)C(=O)CC(C)(C)C)n1. The summed E-state index contributed by atoms with van der Waals surface area (Å²) in [6.07, 6.45) is 2.38. The number of aryl methyl sites for hydroxylation is 1. The Balaban J connectivity index is 1.97. The third kappa shape index (κ3) is 6.20. The van der Waals surface area contributed by atoms with E-state index in [9.17, 15) is 9.59 Å². The van der Waals surface area contributed by atoms with Crippen LogP contribution < -0.4 is 5.32 Å². The van der Waals surface area contributed by atoms with Crippen molar-refractivity contribution in [1.82, 2.24) is 9.88 Å². The second-order valence-electron chi connectivity index (χ2n) is 7.49. The third-order valence-corrected chi connectivity index (χ3v) is 4.56. The van der Waals surface area contributed by atoms with Gasteiger partial charge in [-0.25, -0.2) is 4.98 Å². The van der Waals surface area contributed by atoms with Crippen molar-refractivity contribution in [3.63, 3.8) is 0 Å². The van der Waals surface area contributed by atoms with Crippen molar-refractivity contribution in [1.29, 1.82) is 0 Å². The lowest BCUT2D eigenvalue weighted by Gasteiger charge is -2.28. The predicted molar refractivity (Wildman–Crippen MR) is 95.1 cm³/mol. The molecule has 1 aliphatic rings. The van der Waals surface area contributed by atoms with Crippen LogP contribution >= 0.6 is 11.3 Å². The third-order valence-electron chi connectivity index (χ3n) is 3.68. The fraction of sp³-hybridized carbons (Fsp3) is 0.706. The standard InChI is InChI=1S/C17H27N3O3S/c1-12-11-24-16(18-12)19-14(21)10-20(9-13-6-5-7-23-13)15(22)8-17(2,3)4/h11,13H,5-10H2,1-4H3,(H,18,19,21). The second-order valence-corrected chi connectivity index (χ2v) is 8.35. The van der Waals surface area contributed by atoms with Crippen LogP contribution in [0.3, 0.4) is 0 Å². The van der Waals surface area contributed by atoms with Gasteiger partial charge in [0.25, 0.3) is 0 Å². The van der Waals surface area contributed by atoms with Crippen molar-refractivity contribution < 1.29 is 14.3 Å². The minimum Gasteiger partial charge on any atom is -0.376 e. The van der Waals surface area contributed by atoms with E-state index >= 15 is 0 Å². The van der Waals surface area contributed by atoms with Gasteiger partial charge in [-0.3, -0.25) is 9.59 Å². The van der Waals surface area contributed by atoms with Crippen molar-refractivity contribution >= 4 is 28.3 Å². The summed E-state index contributed by atoms with van der Waals surface area (Å²) in [6.45, 7) is 9.18. The monoisotopic (exact) mass is 353 g/mol. The number of rotatable bonds is 6. The van der Waals surface area contributed by atoms with Crippen LogP contribution in [-0.2, 0) is 14.3 Å².